The van der Waals surface area contributed by atoms with Crippen molar-refractivity contribution in [3.8, 4) is 0 Å². The van der Waals surface area contributed by atoms with Crippen molar-refractivity contribution in [2.75, 3.05) is 39.8 Å². The molecule has 1 rings (SSSR count). The first-order chi connectivity index (χ1) is 8.76. The van der Waals surface area contributed by atoms with E-state index in [0.717, 1.165) is 32.1 Å². The molecule has 0 atom stereocenters. The smallest absolute Gasteiger partial charge is 0.330 e. The van der Waals surface area contributed by atoms with E-state index in [-0.39, 0.29) is 5.97 Å². The Morgan fingerprint density at radius 2 is 2.17 bits per heavy atom. The molecule has 4 heteroatoms. The normalized spacial score (nSPS) is 18.3. The highest BCUT2D eigenvalue weighted by atomic mass is 16.5. The van der Waals surface area contributed by atoms with Crippen molar-refractivity contribution in [3.05, 3.63) is 12.2 Å². The van der Waals surface area contributed by atoms with E-state index in [9.17, 15) is 4.79 Å². The Hall–Kier alpha value is -0.870. The number of ether oxygens (including phenoxy) is 1. The van der Waals surface area contributed by atoms with Gasteiger partial charge in [0.2, 0.25) is 0 Å². The van der Waals surface area contributed by atoms with Gasteiger partial charge in [-0.2, -0.15) is 0 Å². The van der Waals surface area contributed by atoms with E-state index in [1.807, 2.05) is 20.0 Å². The number of carbonyl (C=O) groups is 1. The summed E-state index contributed by atoms with van der Waals surface area (Å²) in [6, 6.07) is 0. The number of hydrogen-bond acceptors (Lipinski definition) is 4. The van der Waals surface area contributed by atoms with Gasteiger partial charge in [-0.1, -0.05) is 6.08 Å². The number of likely N-dealkylation sites (tertiary alicyclic amines) is 1. The molecule has 0 aromatic carbocycles. The van der Waals surface area contributed by atoms with Crippen LogP contribution in [0.15, 0.2) is 12.2 Å². The summed E-state index contributed by atoms with van der Waals surface area (Å²) in [6.07, 6.45) is 7.27. The van der Waals surface area contributed by atoms with Crippen molar-refractivity contribution in [1.82, 2.24) is 10.2 Å². The zero-order valence-electron chi connectivity index (χ0n) is 11.7. The molecule has 0 aromatic rings. The van der Waals surface area contributed by atoms with E-state index >= 15 is 0 Å². The molecular weight excluding hydrogens is 228 g/mol. The second-order valence-corrected chi connectivity index (χ2v) is 4.79. The summed E-state index contributed by atoms with van der Waals surface area (Å²) in [5.41, 5.74) is 0. The molecular formula is C14H26N2O2. The van der Waals surface area contributed by atoms with Crippen molar-refractivity contribution >= 4 is 5.97 Å². The highest BCUT2D eigenvalue weighted by Gasteiger charge is 2.17. The van der Waals surface area contributed by atoms with Gasteiger partial charge in [0.05, 0.1) is 6.61 Å². The maximum atomic E-state index is 11.1. The van der Waals surface area contributed by atoms with Crippen LogP contribution in [0.1, 0.15) is 26.2 Å². The fraction of sp³-hybridized carbons (Fsp3) is 0.786. The quantitative estimate of drug-likeness (QED) is 0.551. The summed E-state index contributed by atoms with van der Waals surface area (Å²) >= 11 is 0. The third kappa shape index (κ3) is 6.17. The molecule has 18 heavy (non-hydrogen) atoms. The van der Waals surface area contributed by atoms with E-state index < -0.39 is 0 Å². The average Bonchev–Trinajstić information content (AvgIpc) is 2.38. The molecule has 104 valence electrons. The van der Waals surface area contributed by atoms with Gasteiger partial charge >= 0.3 is 5.97 Å². The molecule has 4 nitrogen and oxygen atoms in total. The Morgan fingerprint density at radius 3 is 2.78 bits per heavy atom. The lowest BCUT2D eigenvalue weighted by atomic mass is 9.93. The van der Waals surface area contributed by atoms with Crippen molar-refractivity contribution in [1.29, 1.82) is 0 Å². The maximum Gasteiger partial charge on any atom is 0.330 e. The molecule has 1 heterocycles. The van der Waals surface area contributed by atoms with Gasteiger partial charge in [-0.3, -0.25) is 4.90 Å². The molecule has 1 aliphatic rings. The zero-order chi connectivity index (χ0) is 13.2. The Labute approximate surface area is 110 Å². The number of piperidine rings is 1. The van der Waals surface area contributed by atoms with Gasteiger partial charge in [-0.05, 0) is 58.8 Å². The van der Waals surface area contributed by atoms with Crippen LogP contribution in [-0.2, 0) is 9.53 Å². The Bertz CT molecular complexity index is 259. The number of nitrogens with one attached hydrogen (secondary N) is 1. The van der Waals surface area contributed by atoms with Crippen molar-refractivity contribution in [2.24, 2.45) is 5.92 Å². The van der Waals surface area contributed by atoms with E-state index in [4.69, 9.17) is 4.74 Å². The molecule has 0 aromatic heterocycles. The third-order valence-corrected chi connectivity index (χ3v) is 3.41. The summed E-state index contributed by atoms with van der Waals surface area (Å²) < 4.78 is 4.84. The Kier molecular flexibility index (Phi) is 7.69. The van der Waals surface area contributed by atoms with Gasteiger partial charge in [-0.15, -0.1) is 0 Å². The minimum Gasteiger partial charge on any atom is -0.463 e. The molecule has 0 amide bonds. The fourth-order valence-electron chi connectivity index (χ4n) is 2.29. The number of esters is 1. The van der Waals surface area contributed by atoms with Crippen LogP contribution in [0.5, 0.6) is 0 Å². The lowest BCUT2D eigenvalue weighted by molar-refractivity contribution is -0.137. The Morgan fingerprint density at radius 1 is 1.44 bits per heavy atom. The van der Waals surface area contributed by atoms with Crippen LogP contribution in [0.4, 0.5) is 0 Å². The van der Waals surface area contributed by atoms with Gasteiger partial charge in [0.25, 0.3) is 0 Å². The maximum absolute atomic E-state index is 11.1. The summed E-state index contributed by atoms with van der Waals surface area (Å²) in [5.74, 6) is 0.629. The van der Waals surface area contributed by atoms with Gasteiger partial charge in [0, 0.05) is 12.6 Å². The standard InChI is InChI=1S/C14H26N2O2/c1-3-18-14(17)5-4-10-16-11-7-13(8-12-16)6-9-15-2/h4-5,13,15H,3,6-12H2,1-2H3/b5-4+. The fourth-order valence-corrected chi connectivity index (χ4v) is 2.29. The largest absolute Gasteiger partial charge is 0.463 e. The molecule has 1 saturated heterocycles. The van der Waals surface area contributed by atoms with Crippen LogP contribution in [0, 0.1) is 5.92 Å². The van der Waals surface area contributed by atoms with Gasteiger partial charge < -0.3 is 10.1 Å². The molecule has 0 bridgehead atoms. The van der Waals surface area contributed by atoms with Gasteiger partial charge in [0.15, 0.2) is 0 Å². The molecule has 0 unspecified atom stereocenters. The second kappa shape index (κ2) is 9.11. The van der Waals surface area contributed by atoms with E-state index in [1.165, 1.54) is 25.3 Å². The van der Waals surface area contributed by atoms with Crippen molar-refractivity contribution in [3.63, 3.8) is 0 Å². The van der Waals surface area contributed by atoms with Crippen LogP contribution < -0.4 is 5.32 Å². The molecule has 1 fully saturated rings. The number of rotatable bonds is 7. The van der Waals surface area contributed by atoms with Crippen LogP contribution >= 0.6 is 0 Å². The molecule has 1 N–H and O–H groups in total. The molecule has 0 saturated carbocycles. The lowest BCUT2D eigenvalue weighted by Gasteiger charge is -2.31. The second-order valence-electron chi connectivity index (χ2n) is 4.79. The van der Waals surface area contributed by atoms with Crippen LogP contribution in [0.3, 0.4) is 0 Å². The number of carbonyl (C=O) groups excluding carboxylic acids is 1. The summed E-state index contributed by atoms with van der Waals surface area (Å²) in [4.78, 5) is 13.5. The van der Waals surface area contributed by atoms with Crippen LogP contribution in [-0.4, -0.2) is 50.7 Å². The van der Waals surface area contributed by atoms with E-state index in [1.54, 1.807) is 0 Å². The van der Waals surface area contributed by atoms with Crippen molar-refractivity contribution < 1.29 is 9.53 Å². The predicted molar refractivity (Wildman–Crippen MR) is 73.5 cm³/mol. The summed E-state index contributed by atoms with van der Waals surface area (Å²) in [5, 5.41) is 3.21. The van der Waals surface area contributed by atoms with Gasteiger partial charge in [-0.25, -0.2) is 4.79 Å². The van der Waals surface area contributed by atoms with Crippen LogP contribution in [0.25, 0.3) is 0 Å². The number of hydrogen-bond donors (Lipinski definition) is 1. The summed E-state index contributed by atoms with van der Waals surface area (Å²) in [7, 11) is 2.01. The minimum absolute atomic E-state index is 0.235. The first kappa shape index (κ1) is 15.2. The molecule has 1 aliphatic heterocycles. The predicted octanol–water partition coefficient (Wildman–Crippen LogP) is 1.43. The van der Waals surface area contributed by atoms with Crippen molar-refractivity contribution in [2.45, 2.75) is 26.2 Å². The lowest BCUT2D eigenvalue weighted by Crippen LogP contribution is -2.34. The molecule has 0 radical (unpaired) electrons. The Balaban J connectivity index is 2.13. The number of nitrogens with zero attached hydrogens (tertiary/aromatic N) is 1. The first-order valence-electron chi connectivity index (χ1n) is 6.96. The SMILES string of the molecule is CCOC(=O)/C=C/CN1CCC(CCNC)CC1. The minimum atomic E-state index is -0.235. The van der Waals surface area contributed by atoms with Crippen LogP contribution in [0.2, 0.25) is 0 Å². The monoisotopic (exact) mass is 254 g/mol. The zero-order valence-corrected chi connectivity index (χ0v) is 11.7. The topological polar surface area (TPSA) is 41.6 Å². The highest BCUT2D eigenvalue weighted by molar-refractivity contribution is 5.81. The average molecular weight is 254 g/mol. The third-order valence-electron chi connectivity index (χ3n) is 3.41. The van der Waals surface area contributed by atoms with Gasteiger partial charge in [0.1, 0.15) is 0 Å². The first-order valence-corrected chi connectivity index (χ1v) is 6.96. The van der Waals surface area contributed by atoms with E-state index in [2.05, 4.69) is 10.2 Å². The highest BCUT2D eigenvalue weighted by Crippen LogP contribution is 2.19. The van der Waals surface area contributed by atoms with E-state index in [0.29, 0.717) is 6.61 Å². The summed E-state index contributed by atoms with van der Waals surface area (Å²) in [6.45, 7) is 6.52. The molecule has 0 spiro atoms. The molecule has 0 aliphatic carbocycles.